The number of alkyl halides is 3. The number of hydrogen-bond acceptors (Lipinski definition) is 4. The van der Waals surface area contributed by atoms with Gasteiger partial charge in [-0.1, -0.05) is 25.4 Å². The van der Waals surface area contributed by atoms with Crippen LogP contribution >= 0.6 is 11.6 Å². The number of ketones is 1. The highest BCUT2D eigenvalue weighted by molar-refractivity contribution is 6.33. The van der Waals surface area contributed by atoms with Gasteiger partial charge in [-0.25, -0.2) is 9.37 Å². The summed E-state index contributed by atoms with van der Waals surface area (Å²) in [6, 6.07) is 3.71. The zero-order valence-corrected chi connectivity index (χ0v) is 17.4. The first kappa shape index (κ1) is 22.0. The van der Waals surface area contributed by atoms with Crippen molar-refractivity contribution in [3.63, 3.8) is 0 Å². The molecule has 0 saturated heterocycles. The van der Waals surface area contributed by atoms with Crippen molar-refractivity contribution in [2.45, 2.75) is 39.9 Å². The average Bonchev–Trinajstić information content (AvgIpc) is 3.04. The number of anilines is 1. The van der Waals surface area contributed by atoms with Crippen LogP contribution in [0.25, 0.3) is 16.8 Å². The molecule has 2 heterocycles. The van der Waals surface area contributed by atoms with E-state index >= 15 is 0 Å². The van der Waals surface area contributed by atoms with Crippen LogP contribution in [0, 0.1) is 18.7 Å². The van der Waals surface area contributed by atoms with Gasteiger partial charge in [0.15, 0.2) is 5.65 Å². The van der Waals surface area contributed by atoms with E-state index in [2.05, 4.69) is 15.4 Å². The van der Waals surface area contributed by atoms with Gasteiger partial charge in [0.1, 0.15) is 11.6 Å². The molecule has 10 heteroatoms. The zero-order chi connectivity index (χ0) is 22.4. The van der Waals surface area contributed by atoms with Crippen molar-refractivity contribution in [2.24, 2.45) is 5.92 Å². The zero-order valence-electron chi connectivity index (χ0n) is 16.6. The molecule has 1 atom stereocenters. The SMILES string of the molecule is Cc1nc2c(C(=O)C(F)(F)F)cnn2c(NC(C)C(C)C)c1-c1ccc(F)cc1Cl. The number of carbonyl (C=O) groups is 1. The lowest BCUT2D eigenvalue weighted by Crippen LogP contribution is -2.25. The number of fused-ring (bicyclic) bond motifs is 1. The standard InChI is InChI=1S/C20H19ClF4N4O/c1-9(2)10(3)27-19-16(13-6-5-12(22)7-15(13)21)11(4)28-18-14(8-26-29(18)19)17(30)20(23,24)25/h5-10,27H,1-4H3. The highest BCUT2D eigenvalue weighted by Crippen LogP contribution is 2.37. The number of nitrogens with one attached hydrogen (secondary N) is 1. The minimum absolute atomic E-state index is 0.109. The van der Waals surface area contributed by atoms with Crippen LogP contribution in [-0.4, -0.2) is 32.6 Å². The molecule has 0 amide bonds. The fourth-order valence-corrected chi connectivity index (χ4v) is 3.21. The van der Waals surface area contributed by atoms with Crippen LogP contribution in [0.15, 0.2) is 24.4 Å². The second-order valence-electron chi connectivity index (χ2n) is 7.34. The van der Waals surface area contributed by atoms with E-state index < -0.39 is 23.3 Å². The second-order valence-corrected chi connectivity index (χ2v) is 7.75. The lowest BCUT2D eigenvalue weighted by molar-refractivity contribution is -0.0884. The van der Waals surface area contributed by atoms with Gasteiger partial charge in [0.25, 0.3) is 5.78 Å². The van der Waals surface area contributed by atoms with Crippen molar-refractivity contribution in [2.75, 3.05) is 5.32 Å². The Balaban J connectivity index is 2.33. The van der Waals surface area contributed by atoms with Crippen LogP contribution < -0.4 is 5.32 Å². The minimum atomic E-state index is -5.06. The van der Waals surface area contributed by atoms with Crippen LogP contribution in [0.3, 0.4) is 0 Å². The van der Waals surface area contributed by atoms with Gasteiger partial charge in [-0.15, -0.1) is 0 Å². The molecule has 2 aromatic heterocycles. The number of Topliss-reactive ketones (excluding diaryl/α,β-unsaturated/α-hetero) is 1. The summed E-state index contributed by atoms with van der Waals surface area (Å²) in [5.41, 5.74) is 0.320. The molecule has 1 N–H and O–H groups in total. The maximum atomic E-state index is 13.6. The van der Waals surface area contributed by atoms with Crippen LogP contribution in [0.4, 0.5) is 23.4 Å². The first-order valence-electron chi connectivity index (χ1n) is 9.13. The first-order valence-corrected chi connectivity index (χ1v) is 9.51. The molecule has 160 valence electrons. The van der Waals surface area contributed by atoms with Gasteiger partial charge in [-0.2, -0.15) is 22.8 Å². The molecule has 1 aromatic carbocycles. The predicted octanol–water partition coefficient (Wildman–Crippen LogP) is 5.70. The van der Waals surface area contributed by atoms with Crippen LogP contribution in [-0.2, 0) is 0 Å². The van der Waals surface area contributed by atoms with Crippen molar-refractivity contribution in [3.05, 3.63) is 46.5 Å². The average molecular weight is 443 g/mol. The van der Waals surface area contributed by atoms with E-state index in [0.717, 1.165) is 16.8 Å². The fourth-order valence-electron chi connectivity index (χ4n) is 2.95. The van der Waals surface area contributed by atoms with Crippen molar-refractivity contribution in [1.29, 1.82) is 0 Å². The molecule has 30 heavy (non-hydrogen) atoms. The van der Waals surface area contributed by atoms with E-state index in [4.69, 9.17) is 11.6 Å². The van der Waals surface area contributed by atoms with Crippen LogP contribution in [0.2, 0.25) is 5.02 Å². The normalized spacial score (nSPS) is 13.1. The molecule has 0 fully saturated rings. The Labute approximate surface area is 175 Å². The summed E-state index contributed by atoms with van der Waals surface area (Å²) in [6.45, 7) is 7.41. The number of aryl methyl sites for hydroxylation is 1. The molecule has 5 nitrogen and oxygen atoms in total. The van der Waals surface area contributed by atoms with Gasteiger partial charge in [-0.05, 0) is 38.0 Å². The lowest BCUT2D eigenvalue weighted by atomic mass is 10.0. The number of benzene rings is 1. The van der Waals surface area contributed by atoms with Gasteiger partial charge >= 0.3 is 6.18 Å². The number of halogens is 5. The smallest absolute Gasteiger partial charge is 0.367 e. The number of carbonyl (C=O) groups excluding carboxylic acids is 1. The molecular formula is C20H19ClF4N4O. The van der Waals surface area contributed by atoms with Crippen molar-refractivity contribution in [1.82, 2.24) is 14.6 Å². The number of hydrogen-bond donors (Lipinski definition) is 1. The summed E-state index contributed by atoms with van der Waals surface area (Å²) < 4.78 is 53.7. The molecule has 0 saturated carbocycles. The van der Waals surface area contributed by atoms with Crippen LogP contribution in [0.1, 0.15) is 36.8 Å². The van der Waals surface area contributed by atoms with Crippen molar-refractivity contribution in [3.8, 4) is 11.1 Å². The Bertz CT molecular complexity index is 1120. The summed E-state index contributed by atoms with van der Waals surface area (Å²) in [7, 11) is 0. The summed E-state index contributed by atoms with van der Waals surface area (Å²) in [5.74, 6) is -2.08. The summed E-state index contributed by atoms with van der Waals surface area (Å²) in [4.78, 5) is 16.0. The highest BCUT2D eigenvalue weighted by Gasteiger charge is 2.41. The molecule has 1 unspecified atom stereocenters. The first-order chi connectivity index (χ1) is 13.9. The molecule has 0 aliphatic rings. The van der Waals surface area contributed by atoms with E-state index in [1.165, 1.54) is 12.1 Å². The molecular weight excluding hydrogens is 424 g/mol. The molecule has 0 spiro atoms. The van der Waals surface area contributed by atoms with Gasteiger partial charge in [0, 0.05) is 17.2 Å². The second kappa shape index (κ2) is 7.86. The number of aromatic nitrogens is 3. The summed E-state index contributed by atoms with van der Waals surface area (Å²) in [6.07, 6.45) is -4.21. The van der Waals surface area contributed by atoms with Gasteiger partial charge in [0.05, 0.1) is 22.5 Å². The molecule has 0 aliphatic heterocycles. The quantitative estimate of drug-likeness (QED) is 0.407. The fraction of sp³-hybridized carbons (Fsp3) is 0.350. The Morgan fingerprint density at radius 3 is 2.47 bits per heavy atom. The molecule has 3 aromatic rings. The summed E-state index contributed by atoms with van der Waals surface area (Å²) in [5, 5.41) is 7.34. The lowest BCUT2D eigenvalue weighted by Gasteiger charge is -2.23. The third-order valence-corrected chi connectivity index (χ3v) is 5.21. The molecule has 3 rings (SSSR count). The molecule has 0 radical (unpaired) electrons. The Morgan fingerprint density at radius 1 is 1.23 bits per heavy atom. The Morgan fingerprint density at radius 2 is 1.90 bits per heavy atom. The highest BCUT2D eigenvalue weighted by atomic mass is 35.5. The monoisotopic (exact) mass is 442 g/mol. The van der Waals surface area contributed by atoms with Gasteiger partial charge in [0.2, 0.25) is 0 Å². The van der Waals surface area contributed by atoms with E-state index in [1.807, 2.05) is 20.8 Å². The number of rotatable bonds is 5. The molecule has 0 bridgehead atoms. The third kappa shape index (κ3) is 3.98. The topological polar surface area (TPSA) is 59.3 Å². The maximum Gasteiger partial charge on any atom is 0.455 e. The van der Waals surface area contributed by atoms with Gasteiger partial charge in [-0.3, -0.25) is 4.79 Å². The van der Waals surface area contributed by atoms with Crippen molar-refractivity contribution < 1.29 is 22.4 Å². The van der Waals surface area contributed by atoms with E-state index in [-0.39, 0.29) is 22.6 Å². The van der Waals surface area contributed by atoms with Gasteiger partial charge < -0.3 is 5.32 Å². The predicted molar refractivity (Wildman–Crippen MR) is 106 cm³/mol. The largest absolute Gasteiger partial charge is 0.455 e. The van der Waals surface area contributed by atoms with E-state index in [1.54, 1.807) is 6.92 Å². The van der Waals surface area contributed by atoms with Crippen LogP contribution in [0.5, 0.6) is 0 Å². The number of nitrogens with zero attached hydrogens (tertiary/aromatic N) is 3. The third-order valence-electron chi connectivity index (χ3n) is 4.89. The van der Waals surface area contributed by atoms with Crippen molar-refractivity contribution >= 4 is 28.8 Å². The maximum absolute atomic E-state index is 13.6. The Kier molecular flexibility index (Phi) is 5.77. The minimum Gasteiger partial charge on any atom is -0.367 e. The van der Waals surface area contributed by atoms with E-state index in [0.29, 0.717) is 22.6 Å². The Hall–Kier alpha value is -2.68. The van der Waals surface area contributed by atoms with E-state index in [9.17, 15) is 22.4 Å². The molecule has 0 aliphatic carbocycles. The summed E-state index contributed by atoms with van der Waals surface area (Å²) >= 11 is 6.25.